The molecule has 0 radical (unpaired) electrons. The molecule has 2 atom stereocenters. The highest BCUT2D eigenvalue weighted by Gasteiger charge is 2.20. The average Bonchev–Trinajstić information content (AvgIpc) is 2.96. The Bertz CT molecular complexity index is 392. The molecule has 21 heavy (non-hydrogen) atoms. The zero-order valence-electron chi connectivity index (χ0n) is 13.6. The Balaban J connectivity index is 1.91. The van der Waals surface area contributed by atoms with Crippen LogP contribution in [0, 0.1) is 0 Å². The smallest absolute Gasteiger partial charge is 0.0729 e. The summed E-state index contributed by atoms with van der Waals surface area (Å²) < 4.78 is 7.94. The summed E-state index contributed by atoms with van der Waals surface area (Å²) in [5.74, 6) is 0. The Labute approximate surface area is 129 Å². The predicted octanol–water partition coefficient (Wildman–Crippen LogP) is 3.46. The van der Waals surface area contributed by atoms with E-state index in [4.69, 9.17) is 15.6 Å². The van der Waals surface area contributed by atoms with Crippen LogP contribution >= 0.6 is 0 Å². The van der Waals surface area contributed by atoms with Crippen molar-refractivity contribution < 1.29 is 4.74 Å². The number of nitrogens with two attached hydrogens (primary N) is 1. The van der Waals surface area contributed by atoms with Gasteiger partial charge < -0.3 is 10.5 Å². The molecule has 1 aromatic rings. The monoisotopic (exact) mass is 293 g/mol. The quantitative estimate of drug-likeness (QED) is 0.798. The number of hydrogen-bond acceptors (Lipinski definition) is 3. The van der Waals surface area contributed by atoms with Gasteiger partial charge in [0.1, 0.15) is 0 Å². The van der Waals surface area contributed by atoms with Gasteiger partial charge in [-0.05, 0) is 32.3 Å². The second kappa shape index (κ2) is 8.54. The summed E-state index contributed by atoms with van der Waals surface area (Å²) in [5.41, 5.74) is 7.44. The van der Waals surface area contributed by atoms with E-state index in [0.29, 0.717) is 6.04 Å². The van der Waals surface area contributed by atoms with Gasteiger partial charge in [-0.25, -0.2) is 0 Å². The summed E-state index contributed by atoms with van der Waals surface area (Å²) in [6, 6.07) is 2.77. The Morgan fingerprint density at radius 3 is 2.76 bits per heavy atom. The lowest BCUT2D eigenvalue weighted by Crippen LogP contribution is -2.38. The summed E-state index contributed by atoms with van der Waals surface area (Å²) in [6.07, 6.45) is 11.8. The van der Waals surface area contributed by atoms with E-state index < -0.39 is 0 Å². The van der Waals surface area contributed by atoms with Crippen molar-refractivity contribution in [2.45, 2.75) is 83.4 Å². The van der Waals surface area contributed by atoms with Gasteiger partial charge in [-0.3, -0.25) is 4.68 Å². The molecule has 0 aliphatic heterocycles. The fourth-order valence-electron chi connectivity index (χ4n) is 3.33. The molecule has 0 spiro atoms. The lowest BCUT2D eigenvalue weighted by Gasteiger charge is -2.23. The third kappa shape index (κ3) is 4.82. The first kappa shape index (κ1) is 16.5. The summed E-state index contributed by atoms with van der Waals surface area (Å²) in [7, 11) is 0. The molecule has 1 aliphatic rings. The van der Waals surface area contributed by atoms with Crippen LogP contribution in [0.15, 0.2) is 12.3 Å². The van der Waals surface area contributed by atoms with Crippen molar-refractivity contribution in [3.8, 4) is 0 Å². The van der Waals surface area contributed by atoms with E-state index in [0.717, 1.165) is 31.6 Å². The van der Waals surface area contributed by atoms with Crippen LogP contribution in [-0.4, -0.2) is 28.5 Å². The van der Waals surface area contributed by atoms with Gasteiger partial charge in [0.25, 0.3) is 0 Å². The highest BCUT2D eigenvalue weighted by atomic mass is 16.5. The van der Waals surface area contributed by atoms with E-state index in [1.807, 2.05) is 6.92 Å². The molecule has 0 saturated heterocycles. The van der Waals surface area contributed by atoms with Gasteiger partial charge in [-0.2, -0.15) is 5.10 Å². The zero-order valence-corrected chi connectivity index (χ0v) is 13.6. The van der Waals surface area contributed by atoms with E-state index in [2.05, 4.69) is 23.9 Å². The third-order valence-corrected chi connectivity index (χ3v) is 4.49. The molecule has 1 aromatic heterocycles. The average molecular weight is 293 g/mol. The van der Waals surface area contributed by atoms with Gasteiger partial charge in [0, 0.05) is 25.3 Å². The van der Waals surface area contributed by atoms with Crippen molar-refractivity contribution in [1.82, 2.24) is 9.78 Å². The first-order chi connectivity index (χ1) is 10.2. The summed E-state index contributed by atoms with van der Waals surface area (Å²) in [4.78, 5) is 0. The maximum Gasteiger partial charge on any atom is 0.0729 e. The number of hydrogen-bond donors (Lipinski definition) is 1. The molecular formula is C17H31N3O. The van der Waals surface area contributed by atoms with Crippen LogP contribution < -0.4 is 5.73 Å². The van der Waals surface area contributed by atoms with Crippen molar-refractivity contribution in [3.63, 3.8) is 0 Å². The van der Waals surface area contributed by atoms with Crippen LogP contribution in [0.4, 0.5) is 0 Å². The standard InChI is InChI=1S/C17H31N3O/c1-3-8-17(21-4-2)16(18)13-14-11-12-20(19-14)15-9-6-5-7-10-15/h11-12,15-17H,3-10,13,18H2,1-2H3. The van der Waals surface area contributed by atoms with Gasteiger partial charge in [0.2, 0.25) is 0 Å². The molecule has 1 saturated carbocycles. The molecule has 2 rings (SSSR count). The first-order valence-corrected chi connectivity index (χ1v) is 8.65. The topological polar surface area (TPSA) is 53.1 Å². The number of rotatable bonds is 8. The van der Waals surface area contributed by atoms with Crippen LogP contribution in [0.5, 0.6) is 0 Å². The third-order valence-electron chi connectivity index (χ3n) is 4.49. The minimum Gasteiger partial charge on any atom is -0.377 e. The SMILES string of the molecule is CCCC(OCC)C(N)Cc1ccn(C2CCCCC2)n1. The highest BCUT2D eigenvalue weighted by molar-refractivity contribution is 5.03. The number of nitrogens with zero attached hydrogens (tertiary/aromatic N) is 2. The lowest BCUT2D eigenvalue weighted by molar-refractivity contribution is 0.0376. The predicted molar refractivity (Wildman–Crippen MR) is 86.4 cm³/mol. The minimum absolute atomic E-state index is 0.0413. The molecule has 4 heteroatoms. The summed E-state index contributed by atoms with van der Waals surface area (Å²) in [5, 5.41) is 4.76. The molecule has 2 N–H and O–H groups in total. The Hall–Kier alpha value is -0.870. The molecule has 0 aromatic carbocycles. The Kier molecular flexibility index (Phi) is 6.71. The molecule has 4 nitrogen and oxygen atoms in total. The normalized spacial score (nSPS) is 19.6. The maximum atomic E-state index is 6.34. The van der Waals surface area contributed by atoms with E-state index in [1.165, 1.54) is 32.1 Å². The first-order valence-electron chi connectivity index (χ1n) is 8.65. The largest absolute Gasteiger partial charge is 0.377 e. The molecule has 2 unspecified atom stereocenters. The van der Waals surface area contributed by atoms with Crippen molar-refractivity contribution in [3.05, 3.63) is 18.0 Å². The second-order valence-electron chi connectivity index (χ2n) is 6.23. The van der Waals surface area contributed by atoms with Crippen molar-refractivity contribution in [1.29, 1.82) is 0 Å². The van der Waals surface area contributed by atoms with E-state index in [1.54, 1.807) is 0 Å². The van der Waals surface area contributed by atoms with Gasteiger partial charge in [0.15, 0.2) is 0 Å². The van der Waals surface area contributed by atoms with Gasteiger partial charge in [-0.15, -0.1) is 0 Å². The molecule has 1 heterocycles. The van der Waals surface area contributed by atoms with Crippen molar-refractivity contribution in [2.24, 2.45) is 5.73 Å². The highest BCUT2D eigenvalue weighted by Crippen LogP contribution is 2.27. The Morgan fingerprint density at radius 2 is 2.10 bits per heavy atom. The zero-order chi connectivity index (χ0) is 15.1. The van der Waals surface area contributed by atoms with Crippen LogP contribution in [0.1, 0.15) is 70.5 Å². The second-order valence-corrected chi connectivity index (χ2v) is 6.23. The molecule has 1 fully saturated rings. The van der Waals surface area contributed by atoms with E-state index >= 15 is 0 Å². The van der Waals surface area contributed by atoms with Crippen LogP contribution in [0.25, 0.3) is 0 Å². The lowest BCUT2D eigenvalue weighted by atomic mass is 9.96. The van der Waals surface area contributed by atoms with Crippen LogP contribution in [0.2, 0.25) is 0 Å². The molecule has 0 amide bonds. The fourth-order valence-corrected chi connectivity index (χ4v) is 3.33. The number of aromatic nitrogens is 2. The molecule has 1 aliphatic carbocycles. The molecule has 120 valence electrons. The van der Waals surface area contributed by atoms with Crippen molar-refractivity contribution in [2.75, 3.05) is 6.61 Å². The fraction of sp³-hybridized carbons (Fsp3) is 0.824. The minimum atomic E-state index is 0.0413. The van der Waals surface area contributed by atoms with Gasteiger partial charge >= 0.3 is 0 Å². The van der Waals surface area contributed by atoms with Gasteiger partial charge in [0.05, 0.1) is 17.8 Å². The van der Waals surface area contributed by atoms with E-state index in [9.17, 15) is 0 Å². The van der Waals surface area contributed by atoms with Crippen molar-refractivity contribution >= 4 is 0 Å². The molecular weight excluding hydrogens is 262 g/mol. The number of ether oxygens (including phenoxy) is 1. The maximum absolute atomic E-state index is 6.34. The van der Waals surface area contributed by atoms with Crippen LogP contribution in [-0.2, 0) is 11.2 Å². The Morgan fingerprint density at radius 1 is 1.33 bits per heavy atom. The van der Waals surface area contributed by atoms with E-state index in [-0.39, 0.29) is 12.1 Å². The summed E-state index contributed by atoms with van der Waals surface area (Å²) in [6.45, 7) is 4.94. The molecule has 0 bridgehead atoms. The summed E-state index contributed by atoms with van der Waals surface area (Å²) >= 11 is 0. The van der Waals surface area contributed by atoms with Gasteiger partial charge in [-0.1, -0.05) is 32.6 Å². The van der Waals surface area contributed by atoms with Crippen LogP contribution in [0.3, 0.4) is 0 Å².